The molecule has 0 bridgehead atoms. The zero-order valence-electron chi connectivity index (χ0n) is 12.2. The highest BCUT2D eigenvalue weighted by Crippen LogP contribution is 2.44. The van der Waals surface area contributed by atoms with E-state index in [9.17, 15) is 26.7 Å². The zero-order valence-corrected chi connectivity index (χ0v) is 13.0. The first-order chi connectivity index (χ1) is 11.7. The summed E-state index contributed by atoms with van der Waals surface area (Å²) in [5, 5.41) is 19.0. The Morgan fingerprint density at radius 2 is 1.92 bits per heavy atom. The highest BCUT2D eigenvalue weighted by Gasteiger charge is 2.34. The van der Waals surface area contributed by atoms with Crippen LogP contribution in [0.3, 0.4) is 0 Å². The lowest BCUT2D eigenvalue weighted by Crippen LogP contribution is -2.01. The fourth-order valence-electron chi connectivity index (χ4n) is 2.47. The van der Waals surface area contributed by atoms with Crippen molar-refractivity contribution in [2.75, 3.05) is 0 Å². The summed E-state index contributed by atoms with van der Waals surface area (Å²) in [7, 11) is -4.02. The second-order valence-electron chi connectivity index (χ2n) is 5.09. The first-order valence-corrected chi connectivity index (χ1v) is 8.27. The summed E-state index contributed by atoms with van der Waals surface area (Å²) in [5.41, 5.74) is -1.47. The van der Waals surface area contributed by atoms with E-state index in [1.165, 1.54) is 0 Å². The fourth-order valence-corrected chi connectivity index (χ4v) is 3.77. The molecule has 1 aliphatic rings. The Kier molecular flexibility index (Phi) is 3.93. The molecule has 2 aromatic rings. The van der Waals surface area contributed by atoms with Crippen LogP contribution in [-0.2, 0) is 9.84 Å². The molecular weight excluding hydrogens is 359 g/mol. The molecule has 0 unspecified atom stereocenters. The van der Waals surface area contributed by atoms with E-state index in [1.54, 1.807) is 6.07 Å². The van der Waals surface area contributed by atoms with Crippen LogP contribution in [0.1, 0.15) is 23.1 Å². The highest BCUT2D eigenvalue weighted by molar-refractivity contribution is 7.94. The molecule has 25 heavy (non-hydrogen) atoms. The number of hydrogen-bond acceptors (Lipinski definition) is 5. The number of ether oxygens (including phenoxy) is 1. The Labute approximate surface area is 140 Å². The first kappa shape index (κ1) is 16.9. The molecule has 2 aromatic carbocycles. The van der Waals surface area contributed by atoms with Gasteiger partial charge in [0.05, 0.1) is 27.5 Å². The highest BCUT2D eigenvalue weighted by atomic mass is 32.2. The van der Waals surface area contributed by atoms with Crippen LogP contribution in [-0.4, -0.2) is 13.5 Å². The molecule has 0 saturated heterocycles. The second kappa shape index (κ2) is 5.82. The average Bonchev–Trinajstić information content (AvgIpc) is 2.75. The van der Waals surface area contributed by atoms with Crippen LogP contribution in [0.5, 0.6) is 11.5 Å². The third-order valence-corrected chi connectivity index (χ3v) is 4.93. The number of alkyl halides is 2. The minimum Gasteiger partial charge on any atom is -0.507 e. The summed E-state index contributed by atoms with van der Waals surface area (Å²) in [6, 6.07) is 6.65. The van der Waals surface area contributed by atoms with Crippen molar-refractivity contribution < 1.29 is 31.4 Å². The van der Waals surface area contributed by atoms with Crippen LogP contribution in [0.25, 0.3) is 5.76 Å². The van der Waals surface area contributed by atoms with E-state index in [4.69, 9.17) is 10.00 Å². The van der Waals surface area contributed by atoms with E-state index in [0.717, 1.165) is 30.3 Å². The summed E-state index contributed by atoms with van der Waals surface area (Å²) in [6.45, 7) is 0. The topological polar surface area (TPSA) is 87.4 Å². The molecule has 3 rings (SSSR count). The maximum atomic E-state index is 13.5. The van der Waals surface area contributed by atoms with Gasteiger partial charge >= 0.3 is 0 Å². The normalized spacial score (nSPS) is 14.8. The van der Waals surface area contributed by atoms with Gasteiger partial charge < -0.3 is 9.84 Å². The van der Waals surface area contributed by atoms with Gasteiger partial charge in [-0.05, 0) is 24.3 Å². The Bertz CT molecular complexity index is 1060. The number of nitriles is 1. The molecule has 0 aliphatic carbocycles. The van der Waals surface area contributed by atoms with Gasteiger partial charge in [-0.15, -0.1) is 0 Å². The maximum Gasteiger partial charge on any atom is 0.268 e. The number of aliphatic hydroxyl groups is 1. The van der Waals surface area contributed by atoms with E-state index in [-0.39, 0.29) is 11.3 Å². The van der Waals surface area contributed by atoms with Gasteiger partial charge in [0.15, 0.2) is 0 Å². The van der Waals surface area contributed by atoms with E-state index in [2.05, 4.69) is 0 Å². The molecule has 1 aliphatic heterocycles. The molecule has 0 aromatic heterocycles. The molecule has 5 nitrogen and oxygen atoms in total. The molecule has 0 saturated carbocycles. The number of fused-ring (bicyclic) bond motifs is 1. The van der Waals surface area contributed by atoms with E-state index in [0.29, 0.717) is 5.41 Å². The van der Waals surface area contributed by atoms with Crippen molar-refractivity contribution in [1.82, 2.24) is 0 Å². The van der Waals surface area contributed by atoms with E-state index >= 15 is 0 Å². The lowest BCUT2D eigenvalue weighted by atomic mass is 10.1. The second-order valence-corrected chi connectivity index (χ2v) is 6.85. The van der Waals surface area contributed by atoms with Crippen LogP contribution >= 0.6 is 0 Å². The van der Waals surface area contributed by atoms with Crippen molar-refractivity contribution >= 4 is 15.6 Å². The number of halogens is 3. The maximum absolute atomic E-state index is 13.5. The number of benzene rings is 2. The van der Waals surface area contributed by atoms with Crippen molar-refractivity contribution in [3.05, 3.63) is 58.2 Å². The van der Waals surface area contributed by atoms with Gasteiger partial charge in [-0.25, -0.2) is 21.6 Å². The van der Waals surface area contributed by atoms with Crippen LogP contribution < -0.4 is 4.74 Å². The van der Waals surface area contributed by atoms with Gasteiger partial charge in [0, 0.05) is 11.6 Å². The van der Waals surface area contributed by atoms with Gasteiger partial charge in [0.25, 0.3) is 6.43 Å². The monoisotopic (exact) mass is 367 g/mol. The quantitative estimate of drug-likeness (QED) is 0.884. The Balaban J connectivity index is 2.17. The molecule has 1 heterocycles. The molecule has 1 N–H and O–H groups in total. The SMILES string of the molecule is N#Cc1cc(F)cc(Oc2ccc3c(c2C(F)F)C(O)=CS3(=O)=O)c1. The van der Waals surface area contributed by atoms with Crippen LogP contribution in [0.2, 0.25) is 0 Å². The summed E-state index contributed by atoms with van der Waals surface area (Å²) in [6.07, 6.45) is -3.17. The van der Waals surface area contributed by atoms with Gasteiger partial charge in [-0.2, -0.15) is 5.26 Å². The Hall–Kier alpha value is -2.99. The number of hydrogen-bond donors (Lipinski definition) is 1. The molecule has 0 amide bonds. The van der Waals surface area contributed by atoms with Gasteiger partial charge in [-0.1, -0.05) is 0 Å². The molecule has 0 atom stereocenters. The Morgan fingerprint density at radius 1 is 1.20 bits per heavy atom. The number of rotatable bonds is 3. The van der Waals surface area contributed by atoms with E-state index < -0.39 is 49.6 Å². The van der Waals surface area contributed by atoms with Crippen LogP contribution in [0.15, 0.2) is 40.6 Å². The molecular formula is C16H8F3NO4S. The van der Waals surface area contributed by atoms with Crippen molar-refractivity contribution in [3.63, 3.8) is 0 Å². The van der Waals surface area contributed by atoms with Crippen LogP contribution in [0, 0.1) is 17.1 Å². The number of aliphatic hydroxyl groups excluding tert-OH is 1. The van der Waals surface area contributed by atoms with Crippen molar-refractivity contribution in [3.8, 4) is 17.6 Å². The smallest absolute Gasteiger partial charge is 0.268 e. The minimum atomic E-state index is -4.02. The third-order valence-electron chi connectivity index (χ3n) is 3.44. The molecule has 128 valence electrons. The van der Waals surface area contributed by atoms with Crippen molar-refractivity contribution in [2.45, 2.75) is 11.3 Å². The predicted octanol–water partition coefficient (Wildman–Crippen LogP) is 4.07. The third kappa shape index (κ3) is 2.92. The molecule has 9 heteroatoms. The van der Waals surface area contributed by atoms with Crippen molar-refractivity contribution in [2.24, 2.45) is 0 Å². The Morgan fingerprint density at radius 3 is 2.56 bits per heavy atom. The molecule has 0 spiro atoms. The van der Waals surface area contributed by atoms with Gasteiger partial charge in [-0.3, -0.25) is 0 Å². The predicted molar refractivity (Wildman–Crippen MR) is 80.4 cm³/mol. The minimum absolute atomic E-state index is 0.0833. The summed E-state index contributed by atoms with van der Waals surface area (Å²) >= 11 is 0. The van der Waals surface area contributed by atoms with Gasteiger partial charge in [0.1, 0.15) is 23.1 Å². The zero-order chi connectivity index (χ0) is 18.4. The first-order valence-electron chi connectivity index (χ1n) is 6.72. The lowest BCUT2D eigenvalue weighted by Gasteiger charge is -2.15. The fraction of sp³-hybridized carbons (Fsp3) is 0.0625. The number of nitrogens with zero attached hydrogens (tertiary/aromatic N) is 1. The average molecular weight is 367 g/mol. The van der Waals surface area contributed by atoms with Crippen LogP contribution in [0.4, 0.5) is 13.2 Å². The van der Waals surface area contributed by atoms with Gasteiger partial charge in [0.2, 0.25) is 9.84 Å². The largest absolute Gasteiger partial charge is 0.507 e. The summed E-state index contributed by atoms with van der Waals surface area (Å²) < 4.78 is 69.3. The lowest BCUT2D eigenvalue weighted by molar-refractivity contribution is 0.147. The molecule has 0 fully saturated rings. The summed E-state index contributed by atoms with van der Waals surface area (Å²) in [4.78, 5) is -0.468. The van der Waals surface area contributed by atoms with Crippen molar-refractivity contribution in [1.29, 1.82) is 5.26 Å². The standard InChI is InChI=1S/C16H8F3NO4S/c17-9-3-8(6-20)4-10(5-9)24-12-1-2-13-14(15(12)16(18)19)11(21)7-25(13,22)23/h1-5,7,16,21H. The van der Waals surface area contributed by atoms with E-state index in [1.807, 2.05) is 0 Å². The molecule has 0 radical (unpaired) electrons. The summed E-state index contributed by atoms with van der Waals surface area (Å²) in [5.74, 6) is -2.31. The number of sulfone groups is 1.